The number of aromatic nitrogens is 4. The van der Waals surface area contributed by atoms with Crippen LogP contribution < -0.4 is 21.1 Å². The number of nitrogens with one attached hydrogen (secondary N) is 2. The molecular weight excluding hydrogens is 536 g/mol. The van der Waals surface area contributed by atoms with Gasteiger partial charge in [0.1, 0.15) is 11.5 Å². The molecule has 224 valence electrons. The largest absolute Gasteiger partial charge is 0.385 e. The number of anilines is 3. The van der Waals surface area contributed by atoms with E-state index in [-0.39, 0.29) is 28.9 Å². The average molecular weight is 577 g/mol. The molecule has 0 bridgehead atoms. The monoisotopic (exact) mass is 576 g/mol. The van der Waals surface area contributed by atoms with E-state index < -0.39 is 0 Å². The second-order valence-corrected chi connectivity index (χ2v) is 11.0. The molecule has 0 aromatic carbocycles. The molecule has 4 heterocycles. The number of fused-ring (bicyclic) bond motifs is 1. The van der Waals surface area contributed by atoms with Crippen molar-refractivity contribution in [3.8, 4) is 0 Å². The van der Waals surface area contributed by atoms with Crippen LogP contribution in [0.25, 0.3) is 11.0 Å². The van der Waals surface area contributed by atoms with Crippen LogP contribution in [0.4, 0.5) is 17.5 Å². The van der Waals surface area contributed by atoms with E-state index in [9.17, 15) is 14.4 Å². The zero-order valence-corrected chi connectivity index (χ0v) is 24.7. The van der Waals surface area contributed by atoms with Crippen molar-refractivity contribution in [1.29, 1.82) is 0 Å². The molecule has 1 amide bonds. The summed E-state index contributed by atoms with van der Waals surface area (Å²) in [4.78, 5) is 56.2. The minimum Gasteiger partial charge on any atom is -0.385 e. The summed E-state index contributed by atoms with van der Waals surface area (Å²) < 4.78 is 6.74. The van der Waals surface area contributed by atoms with Crippen LogP contribution in [0.3, 0.4) is 0 Å². The van der Waals surface area contributed by atoms with Crippen molar-refractivity contribution in [3.63, 3.8) is 0 Å². The third-order valence-electron chi connectivity index (χ3n) is 8.21. The third-order valence-corrected chi connectivity index (χ3v) is 8.21. The first-order valence-corrected chi connectivity index (χ1v) is 14.8. The summed E-state index contributed by atoms with van der Waals surface area (Å²) in [6.07, 6.45) is 8.24. The van der Waals surface area contributed by atoms with Gasteiger partial charge < -0.3 is 25.2 Å². The summed E-state index contributed by atoms with van der Waals surface area (Å²) >= 11 is 0. The molecule has 3 aromatic rings. The molecular formula is C30H40N8O4. The number of ketones is 1. The number of carbonyl (C=O) groups is 2. The Balaban J connectivity index is 1.25. The maximum atomic E-state index is 13.4. The summed E-state index contributed by atoms with van der Waals surface area (Å²) in [6.45, 7) is 7.80. The van der Waals surface area contributed by atoms with Crippen LogP contribution in [-0.2, 0) is 9.53 Å². The number of Topliss-reactive ketones (excluding diaryl/α,β-unsaturated/α-hetero) is 1. The molecule has 1 saturated carbocycles. The van der Waals surface area contributed by atoms with E-state index in [1.807, 2.05) is 17.0 Å². The maximum absolute atomic E-state index is 13.4. The van der Waals surface area contributed by atoms with Gasteiger partial charge in [0.2, 0.25) is 11.9 Å². The second kappa shape index (κ2) is 13.4. The minimum atomic E-state index is -0.272. The van der Waals surface area contributed by atoms with Crippen LogP contribution in [0, 0.1) is 6.92 Å². The number of amides is 1. The Morgan fingerprint density at radius 3 is 2.50 bits per heavy atom. The first-order valence-electron chi connectivity index (χ1n) is 14.8. The van der Waals surface area contributed by atoms with Crippen LogP contribution in [0.1, 0.15) is 61.0 Å². The normalized spacial score (nSPS) is 15.9. The lowest BCUT2D eigenvalue weighted by atomic mass is 10.0. The first-order chi connectivity index (χ1) is 20.4. The van der Waals surface area contributed by atoms with Gasteiger partial charge in [-0.1, -0.05) is 12.8 Å². The summed E-state index contributed by atoms with van der Waals surface area (Å²) in [7, 11) is 1.67. The van der Waals surface area contributed by atoms with Crippen LogP contribution >= 0.6 is 0 Å². The number of hydrogen-bond donors (Lipinski definition) is 2. The van der Waals surface area contributed by atoms with Gasteiger partial charge in [0.25, 0.3) is 5.56 Å². The lowest BCUT2D eigenvalue weighted by molar-refractivity contribution is -0.130. The highest BCUT2D eigenvalue weighted by molar-refractivity contribution is 5.99. The molecule has 0 unspecified atom stereocenters. The van der Waals surface area contributed by atoms with Crippen molar-refractivity contribution >= 4 is 40.2 Å². The number of carbonyl (C=O) groups excluding carboxylic acids is 2. The van der Waals surface area contributed by atoms with E-state index >= 15 is 0 Å². The minimum absolute atomic E-state index is 0.0202. The number of pyridine rings is 2. The van der Waals surface area contributed by atoms with Crippen molar-refractivity contribution in [2.75, 3.05) is 63.2 Å². The maximum Gasteiger partial charge on any atom is 0.263 e. The molecule has 12 nitrogen and oxygen atoms in total. The molecule has 42 heavy (non-hydrogen) atoms. The van der Waals surface area contributed by atoms with Gasteiger partial charge >= 0.3 is 0 Å². The van der Waals surface area contributed by atoms with Crippen molar-refractivity contribution in [3.05, 3.63) is 46.0 Å². The number of ether oxygens (including phenoxy) is 1. The Bertz CT molecular complexity index is 1480. The van der Waals surface area contributed by atoms with E-state index in [1.54, 1.807) is 31.0 Å². The Labute approximate surface area is 245 Å². The molecule has 0 radical (unpaired) electrons. The summed E-state index contributed by atoms with van der Waals surface area (Å²) in [6, 6.07) is 3.88. The van der Waals surface area contributed by atoms with Crippen molar-refractivity contribution < 1.29 is 14.3 Å². The highest BCUT2D eigenvalue weighted by Gasteiger charge is 2.26. The Morgan fingerprint density at radius 2 is 1.83 bits per heavy atom. The molecule has 3 aromatic heterocycles. The van der Waals surface area contributed by atoms with Gasteiger partial charge in [-0.05, 0) is 57.4 Å². The molecule has 1 aliphatic carbocycles. The van der Waals surface area contributed by atoms with Gasteiger partial charge in [0.15, 0.2) is 5.78 Å². The summed E-state index contributed by atoms with van der Waals surface area (Å²) in [5.41, 5.74) is 2.08. The summed E-state index contributed by atoms with van der Waals surface area (Å²) in [5.74, 6) is 0.799. The van der Waals surface area contributed by atoms with Crippen molar-refractivity contribution in [2.24, 2.45) is 0 Å². The molecule has 2 aliphatic rings. The molecule has 1 saturated heterocycles. The van der Waals surface area contributed by atoms with Crippen LogP contribution in [-0.4, -0.2) is 89.1 Å². The lowest BCUT2D eigenvalue weighted by Crippen LogP contribution is -2.51. The predicted octanol–water partition coefficient (Wildman–Crippen LogP) is 2.83. The molecule has 2 fully saturated rings. The molecule has 2 N–H and O–H groups in total. The molecule has 0 spiro atoms. The van der Waals surface area contributed by atoms with E-state index in [4.69, 9.17) is 9.72 Å². The predicted molar refractivity (Wildman–Crippen MR) is 162 cm³/mol. The molecule has 0 atom stereocenters. The van der Waals surface area contributed by atoms with Gasteiger partial charge in [0, 0.05) is 57.5 Å². The van der Waals surface area contributed by atoms with E-state index in [2.05, 4.69) is 25.5 Å². The standard InChI is InChI=1S/C30H40N8O4/c1-20-24-18-33-30(35-28(24)38(22-7-4-5-8-22)29(41)27(20)21(2)39)34-25-10-9-23(17-32-25)36-12-14-37(15-13-36)26(40)19-31-11-6-16-42-3/h9-10,17-18,22,31H,4-8,11-16,19H2,1-3H3,(H,32,33,34,35). The van der Waals surface area contributed by atoms with Crippen molar-refractivity contribution in [2.45, 2.75) is 52.0 Å². The van der Waals surface area contributed by atoms with Crippen LogP contribution in [0.2, 0.25) is 0 Å². The first kappa shape index (κ1) is 29.6. The number of methoxy groups -OCH3 is 1. The number of aryl methyl sites for hydroxylation is 1. The molecule has 1 aliphatic heterocycles. The topological polar surface area (TPSA) is 135 Å². The fourth-order valence-electron chi connectivity index (χ4n) is 5.93. The van der Waals surface area contributed by atoms with Crippen LogP contribution in [0.5, 0.6) is 0 Å². The average Bonchev–Trinajstić information content (AvgIpc) is 3.52. The fraction of sp³-hybridized carbons (Fsp3) is 0.533. The SMILES string of the molecule is COCCCNCC(=O)N1CCN(c2ccc(Nc3ncc4c(C)c(C(C)=O)c(=O)n(C5CCCC5)c4n3)nc2)CC1. The molecule has 5 rings (SSSR count). The second-order valence-electron chi connectivity index (χ2n) is 11.0. The number of piperazine rings is 1. The highest BCUT2D eigenvalue weighted by atomic mass is 16.5. The molecule has 12 heteroatoms. The smallest absolute Gasteiger partial charge is 0.263 e. The lowest BCUT2D eigenvalue weighted by Gasteiger charge is -2.36. The zero-order valence-electron chi connectivity index (χ0n) is 24.7. The van der Waals surface area contributed by atoms with Gasteiger partial charge in [-0.2, -0.15) is 4.98 Å². The van der Waals surface area contributed by atoms with E-state index in [0.29, 0.717) is 54.6 Å². The van der Waals surface area contributed by atoms with Gasteiger partial charge in [-0.3, -0.25) is 19.0 Å². The number of rotatable bonds is 11. The Hall–Kier alpha value is -3.90. The van der Waals surface area contributed by atoms with Gasteiger partial charge in [0.05, 0.1) is 24.0 Å². The summed E-state index contributed by atoms with van der Waals surface area (Å²) in [5, 5.41) is 7.06. The van der Waals surface area contributed by atoms with Gasteiger partial charge in [-0.15, -0.1) is 0 Å². The fourth-order valence-corrected chi connectivity index (χ4v) is 5.93. The quantitative estimate of drug-likeness (QED) is 0.259. The number of hydrogen-bond acceptors (Lipinski definition) is 10. The van der Waals surface area contributed by atoms with E-state index in [0.717, 1.165) is 57.4 Å². The Kier molecular flexibility index (Phi) is 9.43. The zero-order chi connectivity index (χ0) is 29.6. The third kappa shape index (κ3) is 6.44. The van der Waals surface area contributed by atoms with E-state index in [1.165, 1.54) is 6.92 Å². The highest BCUT2D eigenvalue weighted by Crippen LogP contribution is 2.32. The van der Waals surface area contributed by atoms with Gasteiger partial charge in [-0.25, -0.2) is 9.97 Å². The number of nitrogens with zero attached hydrogens (tertiary/aromatic N) is 6. The van der Waals surface area contributed by atoms with Crippen LogP contribution in [0.15, 0.2) is 29.3 Å². The van der Waals surface area contributed by atoms with Crippen molar-refractivity contribution in [1.82, 2.24) is 29.7 Å². The Morgan fingerprint density at radius 1 is 1.07 bits per heavy atom.